The van der Waals surface area contributed by atoms with E-state index in [1.165, 1.54) is 16.9 Å². The number of aryl methyl sites for hydroxylation is 1. The molecule has 0 spiro atoms. The van der Waals surface area contributed by atoms with Gasteiger partial charge in [0.2, 0.25) is 10.0 Å². The topological polar surface area (TPSA) is 120 Å². The second kappa shape index (κ2) is 8.85. The molecule has 2 N–H and O–H groups in total. The number of aliphatic hydroxyl groups is 1. The standard InChI is InChI=1S/C21H26N6O4S/c1-15-17(21(29)25-8-10-26(11-9-25)32(2,30)31)12-27-19(15)20(22-14-23-27)24-18(13-28)16-6-4-3-5-7-16/h3-7,12,14,18,28H,8-11,13H2,1-2H3,(H,22,23,24). The lowest BCUT2D eigenvalue weighted by Gasteiger charge is -2.33. The van der Waals surface area contributed by atoms with Crippen molar-refractivity contribution in [1.82, 2.24) is 23.8 Å². The summed E-state index contributed by atoms with van der Waals surface area (Å²) in [6.45, 7) is 2.91. The van der Waals surface area contributed by atoms with Crippen LogP contribution in [0.4, 0.5) is 5.82 Å². The average molecular weight is 459 g/mol. The molecule has 1 fully saturated rings. The second-order valence-electron chi connectivity index (χ2n) is 7.81. The van der Waals surface area contributed by atoms with Gasteiger partial charge in [-0.2, -0.15) is 9.40 Å². The van der Waals surface area contributed by atoms with Crippen molar-refractivity contribution in [2.45, 2.75) is 13.0 Å². The number of hydrogen-bond acceptors (Lipinski definition) is 7. The van der Waals surface area contributed by atoms with Crippen molar-refractivity contribution in [3.8, 4) is 0 Å². The van der Waals surface area contributed by atoms with E-state index < -0.39 is 10.0 Å². The summed E-state index contributed by atoms with van der Waals surface area (Å²) in [6, 6.07) is 9.18. The second-order valence-corrected chi connectivity index (χ2v) is 9.80. The lowest BCUT2D eigenvalue weighted by Crippen LogP contribution is -2.50. The highest BCUT2D eigenvalue weighted by atomic mass is 32.2. The van der Waals surface area contributed by atoms with E-state index in [1.807, 2.05) is 37.3 Å². The van der Waals surface area contributed by atoms with Crippen LogP contribution in [0.25, 0.3) is 5.52 Å². The first-order chi connectivity index (χ1) is 15.3. The number of fused-ring (bicyclic) bond motifs is 1. The zero-order valence-electron chi connectivity index (χ0n) is 18.0. The monoisotopic (exact) mass is 458 g/mol. The Morgan fingerprint density at radius 1 is 1.19 bits per heavy atom. The van der Waals surface area contributed by atoms with Gasteiger partial charge in [-0.15, -0.1) is 0 Å². The van der Waals surface area contributed by atoms with E-state index in [9.17, 15) is 18.3 Å². The first-order valence-corrected chi connectivity index (χ1v) is 12.1. The van der Waals surface area contributed by atoms with Gasteiger partial charge in [0.05, 0.1) is 24.5 Å². The van der Waals surface area contributed by atoms with Crippen LogP contribution in [0.2, 0.25) is 0 Å². The molecule has 1 unspecified atom stereocenters. The molecule has 11 heteroatoms. The number of anilines is 1. The molecule has 0 bridgehead atoms. The van der Waals surface area contributed by atoms with Gasteiger partial charge in [-0.3, -0.25) is 4.79 Å². The van der Waals surface area contributed by atoms with Gasteiger partial charge in [-0.05, 0) is 18.1 Å². The van der Waals surface area contributed by atoms with Gasteiger partial charge in [0.1, 0.15) is 11.8 Å². The predicted octanol–water partition coefficient (Wildman–Crippen LogP) is 0.901. The normalized spacial score (nSPS) is 16.3. The minimum Gasteiger partial charge on any atom is -0.394 e. The van der Waals surface area contributed by atoms with Gasteiger partial charge in [-0.1, -0.05) is 30.3 Å². The smallest absolute Gasteiger partial charge is 0.255 e. The number of carbonyl (C=O) groups is 1. The van der Waals surface area contributed by atoms with E-state index in [2.05, 4.69) is 15.4 Å². The summed E-state index contributed by atoms with van der Waals surface area (Å²) in [7, 11) is -3.27. The highest BCUT2D eigenvalue weighted by Crippen LogP contribution is 2.27. The number of aliphatic hydroxyl groups excluding tert-OH is 1. The van der Waals surface area contributed by atoms with E-state index in [1.54, 1.807) is 15.6 Å². The minimum absolute atomic E-state index is 0.129. The molecular formula is C21H26N6O4S. The lowest BCUT2D eigenvalue weighted by atomic mass is 10.1. The average Bonchev–Trinajstić information content (AvgIpc) is 3.14. The van der Waals surface area contributed by atoms with Crippen LogP contribution in [0.1, 0.15) is 27.5 Å². The fourth-order valence-electron chi connectivity index (χ4n) is 3.96. The molecule has 1 aliphatic rings. The van der Waals surface area contributed by atoms with Crippen LogP contribution in [-0.4, -0.2) is 82.3 Å². The molecule has 3 aromatic rings. The molecule has 3 heterocycles. The van der Waals surface area contributed by atoms with Gasteiger partial charge < -0.3 is 15.3 Å². The van der Waals surface area contributed by atoms with Crippen LogP contribution in [0.5, 0.6) is 0 Å². The Hall–Kier alpha value is -3.02. The summed E-state index contributed by atoms with van der Waals surface area (Å²) in [6.07, 6.45) is 4.24. The highest BCUT2D eigenvalue weighted by Gasteiger charge is 2.29. The Bertz CT molecular complexity index is 1220. The fourth-order valence-corrected chi connectivity index (χ4v) is 4.79. The molecular weight excluding hydrogens is 432 g/mol. The maximum Gasteiger partial charge on any atom is 0.255 e. The fraction of sp³-hybridized carbons (Fsp3) is 0.381. The van der Waals surface area contributed by atoms with Crippen LogP contribution >= 0.6 is 0 Å². The molecule has 2 aromatic heterocycles. The maximum absolute atomic E-state index is 13.2. The third-order valence-electron chi connectivity index (χ3n) is 5.75. The van der Waals surface area contributed by atoms with Gasteiger partial charge in [0, 0.05) is 32.4 Å². The van der Waals surface area contributed by atoms with Crippen molar-refractivity contribution >= 4 is 27.3 Å². The quantitative estimate of drug-likeness (QED) is 0.563. The number of nitrogens with one attached hydrogen (secondary N) is 1. The van der Waals surface area contributed by atoms with Crippen LogP contribution < -0.4 is 5.32 Å². The zero-order valence-corrected chi connectivity index (χ0v) is 18.8. The molecule has 1 atom stereocenters. The summed E-state index contributed by atoms with van der Waals surface area (Å²) in [4.78, 5) is 19.2. The molecule has 0 radical (unpaired) electrons. The molecule has 4 rings (SSSR count). The largest absolute Gasteiger partial charge is 0.394 e. The Morgan fingerprint density at radius 3 is 2.50 bits per heavy atom. The first kappa shape index (κ1) is 22.2. The van der Waals surface area contributed by atoms with Gasteiger partial charge in [0.15, 0.2) is 5.82 Å². The van der Waals surface area contributed by atoms with Gasteiger partial charge in [-0.25, -0.2) is 17.9 Å². The predicted molar refractivity (Wildman–Crippen MR) is 120 cm³/mol. The number of benzene rings is 1. The van der Waals surface area contributed by atoms with E-state index in [0.717, 1.165) is 5.56 Å². The molecule has 10 nitrogen and oxygen atoms in total. The van der Waals surface area contributed by atoms with Crippen molar-refractivity contribution < 1.29 is 18.3 Å². The Kier molecular flexibility index (Phi) is 6.13. The minimum atomic E-state index is -3.27. The molecule has 32 heavy (non-hydrogen) atoms. The van der Waals surface area contributed by atoms with E-state index in [-0.39, 0.29) is 31.6 Å². The summed E-state index contributed by atoms with van der Waals surface area (Å²) in [5.41, 5.74) is 2.77. The summed E-state index contributed by atoms with van der Waals surface area (Å²) >= 11 is 0. The maximum atomic E-state index is 13.2. The number of rotatable bonds is 6. The third kappa shape index (κ3) is 4.31. The van der Waals surface area contributed by atoms with Crippen molar-refractivity contribution in [2.75, 3.05) is 44.4 Å². The van der Waals surface area contributed by atoms with E-state index >= 15 is 0 Å². The molecule has 170 valence electrons. The third-order valence-corrected chi connectivity index (χ3v) is 7.05. The summed E-state index contributed by atoms with van der Waals surface area (Å²) in [5.74, 6) is 0.343. The number of carbonyl (C=O) groups excluding carboxylic acids is 1. The number of sulfonamides is 1. The van der Waals surface area contributed by atoms with Gasteiger partial charge >= 0.3 is 0 Å². The van der Waals surface area contributed by atoms with E-state index in [0.29, 0.717) is 35.6 Å². The number of amides is 1. The number of hydrogen-bond donors (Lipinski definition) is 2. The zero-order chi connectivity index (χ0) is 22.9. The highest BCUT2D eigenvalue weighted by molar-refractivity contribution is 7.88. The van der Waals surface area contributed by atoms with Crippen LogP contribution in [-0.2, 0) is 10.0 Å². The first-order valence-electron chi connectivity index (χ1n) is 10.3. The summed E-state index contributed by atoms with van der Waals surface area (Å²) in [5, 5.41) is 17.4. The van der Waals surface area contributed by atoms with Crippen molar-refractivity contribution in [2.24, 2.45) is 0 Å². The molecule has 1 aliphatic heterocycles. The van der Waals surface area contributed by atoms with Crippen LogP contribution in [0.3, 0.4) is 0 Å². The number of aromatic nitrogens is 3. The number of piperazine rings is 1. The van der Waals surface area contributed by atoms with Crippen molar-refractivity contribution in [3.05, 3.63) is 59.5 Å². The molecule has 0 aliphatic carbocycles. The SMILES string of the molecule is Cc1c(C(=O)N2CCN(S(C)(=O)=O)CC2)cn2ncnc(NC(CO)c3ccccc3)c12. The van der Waals surface area contributed by atoms with Crippen LogP contribution in [0, 0.1) is 6.92 Å². The molecule has 0 saturated carbocycles. The Labute approximate surface area is 186 Å². The molecule has 1 saturated heterocycles. The van der Waals surface area contributed by atoms with Crippen molar-refractivity contribution in [1.29, 1.82) is 0 Å². The lowest BCUT2D eigenvalue weighted by molar-refractivity contribution is 0.0697. The van der Waals surface area contributed by atoms with Crippen molar-refractivity contribution in [3.63, 3.8) is 0 Å². The summed E-state index contributed by atoms with van der Waals surface area (Å²) < 4.78 is 26.5. The molecule has 1 amide bonds. The van der Waals surface area contributed by atoms with Crippen LogP contribution in [0.15, 0.2) is 42.9 Å². The van der Waals surface area contributed by atoms with Gasteiger partial charge in [0.25, 0.3) is 5.91 Å². The Morgan fingerprint density at radius 2 is 1.88 bits per heavy atom. The molecule has 1 aromatic carbocycles. The Balaban J connectivity index is 1.60. The number of nitrogens with zero attached hydrogens (tertiary/aromatic N) is 5. The van der Waals surface area contributed by atoms with E-state index in [4.69, 9.17) is 0 Å².